The summed E-state index contributed by atoms with van der Waals surface area (Å²) >= 11 is 0. The molecule has 52 heavy (non-hydrogen) atoms. The number of carboxylic acid groups (broad SMARTS) is 1. The molecule has 0 bridgehead atoms. The van der Waals surface area contributed by atoms with Crippen LogP contribution in [0.1, 0.15) is 174 Å². The number of allylic oxidation sites excluding steroid dienone is 6. The van der Waals surface area contributed by atoms with Crippen LogP contribution in [-0.2, 0) is 28.6 Å². The molecule has 0 aromatic heterocycles. The predicted octanol–water partition coefficient (Wildman–Crippen LogP) is 11.1. The molecule has 0 aromatic carbocycles. The average molecular weight is 735 g/mol. The first kappa shape index (κ1) is 49.6. The number of hydrogen-bond donors (Lipinski definition) is 1. The number of likely N-dealkylation sites (N-methyl/N-ethyl adjacent to an activating group) is 1. The van der Waals surface area contributed by atoms with E-state index in [1.807, 2.05) is 21.1 Å². The van der Waals surface area contributed by atoms with E-state index in [1.54, 1.807) is 0 Å². The monoisotopic (exact) mass is 735 g/mol. The van der Waals surface area contributed by atoms with E-state index in [0.29, 0.717) is 19.3 Å². The summed E-state index contributed by atoms with van der Waals surface area (Å²) in [4.78, 5) is 36.9. The molecule has 0 fully saturated rings. The number of hydrogen-bond acceptors (Lipinski definition) is 6. The number of aliphatic carboxylic acids is 1. The van der Waals surface area contributed by atoms with Gasteiger partial charge in [0, 0.05) is 19.3 Å². The molecule has 0 aliphatic heterocycles. The molecule has 0 radical (unpaired) electrons. The van der Waals surface area contributed by atoms with Crippen LogP contribution in [0.2, 0.25) is 0 Å². The summed E-state index contributed by atoms with van der Waals surface area (Å²) in [5.74, 6) is -1.50. The van der Waals surface area contributed by atoms with Gasteiger partial charge in [-0.05, 0) is 64.2 Å². The molecule has 0 spiro atoms. The van der Waals surface area contributed by atoms with Crippen molar-refractivity contribution in [1.29, 1.82) is 0 Å². The van der Waals surface area contributed by atoms with Gasteiger partial charge in [-0.3, -0.25) is 9.59 Å². The second-order valence-electron chi connectivity index (χ2n) is 15.2. The van der Waals surface area contributed by atoms with Crippen molar-refractivity contribution in [3.05, 3.63) is 36.5 Å². The van der Waals surface area contributed by atoms with Crippen LogP contribution in [0.4, 0.5) is 0 Å². The van der Waals surface area contributed by atoms with E-state index in [4.69, 9.17) is 14.2 Å². The minimum absolute atomic E-state index is 0.0533. The fourth-order valence-electron chi connectivity index (χ4n) is 6.01. The lowest BCUT2D eigenvalue weighted by Crippen LogP contribution is -2.50. The van der Waals surface area contributed by atoms with Gasteiger partial charge in [0.15, 0.2) is 12.1 Å². The van der Waals surface area contributed by atoms with Crippen molar-refractivity contribution >= 4 is 17.9 Å². The van der Waals surface area contributed by atoms with Gasteiger partial charge >= 0.3 is 17.9 Å². The van der Waals surface area contributed by atoms with Crippen LogP contribution in [0.5, 0.6) is 0 Å². The van der Waals surface area contributed by atoms with Crippen molar-refractivity contribution in [3.8, 4) is 0 Å². The van der Waals surface area contributed by atoms with Gasteiger partial charge < -0.3 is 23.8 Å². The minimum Gasteiger partial charge on any atom is -0.477 e. The number of unbranched alkanes of at least 4 members (excludes halogenated alkanes) is 17. The highest BCUT2D eigenvalue weighted by molar-refractivity contribution is 5.72. The van der Waals surface area contributed by atoms with Crippen LogP contribution in [-0.4, -0.2) is 80.6 Å². The quantitative estimate of drug-likeness (QED) is 0.0293. The first-order chi connectivity index (χ1) is 25.1. The van der Waals surface area contributed by atoms with Crippen LogP contribution in [0.15, 0.2) is 36.5 Å². The fraction of sp³-hybridized carbons (Fsp3) is 0.795. The Labute approximate surface area is 319 Å². The summed E-state index contributed by atoms with van der Waals surface area (Å²) in [6.07, 6.45) is 39.0. The zero-order valence-electron chi connectivity index (χ0n) is 34.3. The standard InChI is InChI=1S/C44H79NO7/c1-6-8-10-12-14-16-18-20-22-24-26-28-30-32-34-42(46)51-39-40(38-50-37-36-41(44(48)49)45(3,4)5)52-43(47)35-33-31-29-27-25-23-21-19-17-15-13-11-9-7-2/h8,10,14,16,23,25,40-41H,6-7,9,11-13,15,17-22,24,26-39H2,1-5H3/p+1/b10-8+,16-14+,25-23+. The van der Waals surface area contributed by atoms with Gasteiger partial charge in [-0.15, -0.1) is 0 Å². The van der Waals surface area contributed by atoms with Crippen LogP contribution in [0.25, 0.3) is 0 Å². The number of carbonyl (C=O) groups excluding carboxylic acids is 2. The third kappa shape index (κ3) is 33.4. The number of rotatable bonds is 37. The number of nitrogens with zero attached hydrogens (tertiary/aromatic N) is 1. The third-order valence-electron chi connectivity index (χ3n) is 9.27. The van der Waals surface area contributed by atoms with Crippen LogP contribution >= 0.6 is 0 Å². The van der Waals surface area contributed by atoms with E-state index in [0.717, 1.165) is 70.6 Å². The van der Waals surface area contributed by atoms with Crippen molar-refractivity contribution in [2.45, 2.75) is 187 Å². The Balaban J connectivity index is 4.40. The smallest absolute Gasteiger partial charge is 0.362 e. The van der Waals surface area contributed by atoms with Gasteiger partial charge in [0.1, 0.15) is 6.61 Å². The van der Waals surface area contributed by atoms with Crippen molar-refractivity contribution in [2.24, 2.45) is 0 Å². The van der Waals surface area contributed by atoms with Crippen molar-refractivity contribution in [3.63, 3.8) is 0 Å². The van der Waals surface area contributed by atoms with E-state index >= 15 is 0 Å². The maximum atomic E-state index is 12.7. The summed E-state index contributed by atoms with van der Waals surface area (Å²) in [6, 6.07) is -0.617. The largest absolute Gasteiger partial charge is 0.477 e. The van der Waals surface area contributed by atoms with Crippen LogP contribution in [0, 0.1) is 0 Å². The Morgan fingerprint density at radius 2 is 1.08 bits per heavy atom. The van der Waals surface area contributed by atoms with E-state index in [9.17, 15) is 19.5 Å². The second kappa shape index (κ2) is 35.6. The highest BCUT2D eigenvalue weighted by Crippen LogP contribution is 2.13. The number of carboxylic acids is 1. The lowest BCUT2D eigenvalue weighted by atomic mass is 10.1. The lowest BCUT2D eigenvalue weighted by molar-refractivity contribution is -0.887. The number of quaternary nitrogens is 1. The second-order valence-corrected chi connectivity index (χ2v) is 15.2. The van der Waals surface area contributed by atoms with E-state index in [-0.39, 0.29) is 36.2 Å². The molecule has 302 valence electrons. The summed E-state index contributed by atoms with van der Waals surface area (Å²) in [5, 5.41) is 9.60. The summed E-state index contributed by atoms with van der Waals surface area (Å²) in [5.41, 5.74) is 0. The molecule has 8 nitrogen and oxygen atoms in total. The zero-order chi connectivity index (χ0) is 38.5. The normalized spacial score (nSPS) is 13.3. The highest BCUT2D eigenvalue weighted by Gasteiger charge is 2.31. The van der Waals surface area contributed by atoms with Gasteiger partial charge in [0.05, 0.1) is 34.4 Å². The molecular weight excluding hydrogens is 654 g/mol. The Kier molecular flexibility index (Phi) is 33.9. The molecule has 1 N–H and O–H groups in total. The Morgan fingerprint density at radius 3 is 1.62 bits per heavy atom. The molecule has 0 rings (SSSR count). The summed E-state index contributed by atoms with van der Waals surface area (Å²) in [6.45, 7) is 4.60. The van der Waals surface area contributed by atoms with Crippen molar-refractivity contribution in [1.82, 2.24) is 0 Å². The third-order valence-corrected chi connectivity index (χ3v) is 9.27. The molecule has 2 unspecified atom stereocenters. The Hall–Kier alpha value is -2.45. The molecule has 0 aliphatic carbocycles. The Bertz CT molecular complexity index is 953. The molecule has 0 heterocycles. The van der Waals surface area contributed by atoms with E-state index in [2.05, 4.69) is 50.3 Å². The summed E-state index contributed by atoms with van der Waals surface area (Å²) in [7, 11) is 5.51. The van der Waals surface area contributed by atoms with Crippen molar-refractivity contribution < 1.29 is 38.2 Å². The average Bonchev–Trinajstić information content (AvgIpc) is 3.09. The van der Waals surface area contributed by atoms with Crippen LogP contribution in [0.3, 0.4) is 0 Å². The molecule has 0 amide bonds. The maximum Gasteiger partial charge on any atom is 0.362 e. The van der Waals surface area contributed by atoms with Gasteiger partial charge in [0.25, 0.3) is 0 Å². The number of esters is 2. The first-order valence-corrected chi connectivity index (χ1v) is 21.0. The molecule has 0 saturated heterocycles. The SMILES string of the molecule is CC/C=C/C/C=C/CCCCCCCCCC(=O)OCC(COCCC(C(=O)O)[N+](C)(C)C)OC(=O)CCCCC/C=C/CCCCCCCCC. The molecule has 8 heteroatoms. The molecular formula is C44H80NO7+. The Morgan fingerprint density at radius 1 is 0.596 bits per heavy atom. The topological polar surface area (TPSA) is 99.1 Å². The predicted molar refractivity (Wildman–Crippen MR) is 215 cm³/mol. The van der Waals surface area contributed by atoms with Crippen molar-refractivity contribution in [2.75, 3.05) is 41.0 Å². The maximum absolute atomic E-state index is 12.7. The highest BCUT2D eigenvalue weighted by atomic mass is 16.6. The van der Waals surface area contributed by atoms with Crippen LogP contribution < -0.4 is 0 Å². The number of carbonyl (C=O) groups is 3. The van der Waals surface area contributed by atoms with Gasteiger partial charge in [-0.1, -0.05) is 127 Å². The molecule has 2 atom stereocenters. The first-order valence-electron chi connectivity index (χ1n) is 21.0. The van der Waals surface area contributed by atoms with Gasteiger partial charge in [0.2, 0.25) is 0 Å². The lowest BCUT2D eigenvalue weighted by Gasteiger charge is -2.31. The van der Waals surface area contributed by atoms with Gasteiger partial charge in [-0.2, -0.15) is 0 Å². The fourth-order valence-corrected chi connectivity index (χ4v) is 6.01. The van der Waals surface area contributed by atoms with Gasteiger partial charge in [-0.25, -0.2) is 4.79 Å². The summed E-state index contributed by atoms with van der Waals surface area (Å²) < 4.78 is 17.2. The minimum atomic E-state index is -0.879. The zero-order valence-corrected chi connectivity index (χ0v) is 34.3. The van der Waals surface area contributed by atoms with E-state index in [1.165, 1.54) is 70.6 Å². The molecule has 0 aliphatic rings. The van der Waals surface area contributed by atoms with E-state index < -0.39 is 18.1 Å². The number of ether oxygens (including phenoxy) is 3. The molecule has 0 aromatic rings. The molecule has 0 saturated carbocycles.